The van der Waals surface area contributed by atoms with Crippen LogP contribution in [0.25, 0.3) is 0 Å². The lowest BCUT2D eigenvalue weighted by Crippen LogP contribution is -2.63. The molecule has 2 atom stereocenters. The van der Waals surface area contributed by atoms with Crippen molar-refractivity contribution >= 4 is 5.96 Å². The van der Waals surface area contributed by atoms with Crippen molar-refractivity contribution in [2.24, 2.45) is 4.99 Å². The zero-order valence-corrected chi connectivity index (χ0v) is 15.3. The van der Waals surface area contributed by atoms with E-state index in [4.69, 9.17) is 4.74 Å². The molecule has 0 aromatic heterocycles. The van der Waals surface area contributed by atoms with E-state index in [1.54, 1.807) is 13.1 Å². The van der Waals surface area contributed by atoms with Crippen molar-refractivity contribution < 1.29 is 9.13 Å². The molecular formula is C18H28FN5O. The summed E-state index contributed by atoms with van der Waals surface area (Å²) < 4.78 is 18.9. The minimum Gasteiger partial charge on any atom is -0.494 e. The van der Waals surface area contributed by atoms with Crippen LogP contribution in [0.5, 0.6) is 5.75 Å². The van der Waals surface area contributed by atoms with Gasteiger partial charge in [-0.15, -0.1) is 0 Å². The number of piperazine rings is 3. The lowest BCUT2D eigenvalue weighted by atomic mass is 10.1. The quantitative estimate of drug-likeness (QED) is 0.615. The number of benzene rings is 1. The van der Waals surface area contributed by atoms with Crippen LogP contribution in [-0.2, 0) is 0 Å². The first-order valence-corrected chi connectivity index (χ1v) is 8.87. The third-order valence-corrected chi connectivity index (χ3v) is 5.15. The maximum atomic E-state index is 13.9. The van der Waals surface area contributed by atoms with Crippen molar-refractivity contribution in [1.82, 2.24) is 20.4 Å². The van der Waals surface area contributed by atoms with Gasteiger partial charge in [0.25, 0.3) is 0 Å². The number of hydrogen-bond acceptors (Lipinski definition) is 4. The number of nitrogens with zero attached hydrogens (tertiary/aromatic N) is 3. The second-order valence-corrected chi connectivity index (χ2v) is 6.70. The van der Waals surface area contributed by atoms with Crippen LogP contribution in [0.2, 0.25) is 0 Å². The van der Waals surface area contributed by atoms with E-state index < -0.39 is 0 Å². The van der Waals surface area contributed by atoms with E-state index in [2.05, 4.69) is 25.4 Å². The Kier molecular flexibility index (Phi) is 5.75. The topological polar surface area (TPSA) is 52.1 Å². The van der Waals surface area contributed by atoms with Gasteiger partial charge in [-0.05, 0) is 24.6 Å². The number of nitrogens with one attached hydrogen (secondary N) is 2. The van der Waals surface area contributed by atoms with Crippen LogP contribution < -0.4 is 15.4 Å². The zero-order chi connectivity index (χ0) is 17.8. The summed E-state index contributed by atoms with van der Waals surface area (Å²) in [7, 11) is 3.23. The van der Waals surface area contributed by atoms with Crippen LogP contribution in [0.15, 0.2) is 23.2 Å². The van der Waals surface area contributed by atoms with Crippen LogP contribution in [-0.4, -0.2) is 75.2 Å². The van der Waals surface area contributed by atoms with Gasteiger partial charge < -0.3 is 15.4 Å². The normalized spacial score (nSPS) is 27.0. The smallest absolute Gasteiger partial charge is 0.191 e. The number of fused-ring (bicyclic) bond motifs is 3. The Morgan fingerprint density at radius 1 is 1.36 bits per heavy atom. The lowest BCUT2D eigenvalue weighted by Gasteiger charge is -2.47. The predicted octanol–water partition coefficient (Wildman–Crippen LogP) is 1.06. The molecule has 7 heteroatoms. The molecule has 2 bridgehead atoms. The standard InChI is InChI=1S/C18H28FN5O/c1-13(14-4-5-17(25-3)16(19)10-14)22-18(20-2)21-11-15-12-23-6-8-24(15)9-7-23/h4-5,10,13,15H,6-9,11-12H2,1-3H3,(H2,20,21,22). The molecule has 3 saturated heterocycles. The first kappa shape index (κ1) is 17.9. The van der Waals surface area contributed by atoms with Gasteiger partial charge in [0.2, 0.25) is 0 Å². The second kappa shape index (κ2) is 8.01. The summed E-state index contributed by atoms with van der Waals surface area (Å²) in [6.07, 6.45) is 0. The molecular weight excluding hydrogens is 321 g/mol. The second-order valence-electron chi connectivity index (χ2n) is 6.70. The summed E-state index contributed by atoms with van der Waals surface area (Å²) in [6.45, 7) is 8.64. The Morgan fingerprint density at radius 3 is 2.68 bits per heavy atom. The van der Waals surface area contributed by atoms with Gasteiger partial charge in [-0.25, -0.2) is 4.39 Å². The van der Waals surface area contributed by atoms with Crippen LogP contribution >= 0.6 is 0 Å². The van der Waals surface area contributed by atoms with Gasteiger partial charge in [0, 0.05) is 52.4 Å². The molecule has 3 aliphatic heterocycles. The average Bonchev–Trinajstić information content (AvgIpc) is 2.65. The van der Waals surface area contributed by atoms with E-state index in [-0.39, 0.29) is 17.6 Å². The van der Waals surface area contributed by atoms with Crippen LogP contribution in [0.3, 0.4) is 0 Å². The summed E-state index contributed by atoms with van der Waals surface area (Å²) in [5.41, 5.74) is 0.854. The number of aliphatic imine (C=N–C) groups is 1. The number of hydrogen-bond donors (Lipinski definition) is 2. The van der Waals surface area contributed by atoms with E-state index >= 15 is 0 Å². The van der Waals surface area contributed by atoms with E-state index in [9.17, 15) is 4.39 Å². The Hall–Kier alpha value is -1.86. The molecule has 0 aliphatic carbocycles. The van der Waals surface area contributed by atoms with E-state index in [1.165, 1.54) is 26.3 Å². The van der Waals surface area contributed by atoms with Crippen LogP contribution in [0, 0.1) is 5.82 Å². The highest BCUT2D eigenvalue weighted by molar-refractivity contribution is 5.80. The number of guanidine groups is 1. The molecule has 138 valence electrons. The maximum absolute atomic E-state index is 13.9. The van der Waals surface area contributed by atoms with Crippen molar-refractivity contribution in [3.8, 4) is 5.75 Å². The van der Waals surface area contributed by atoms with Gasteiger partial charge in [0.05, 0.1) is 13.2 Å². The van der Waals surface area contributed by atoms with Gasteiger partial charge in [0.15, 0.2) is 17.5 Å². The molecule has 2 N–H and O–H groups in total. The largest absolute Gasteiger partial charge is 0.494 e. The average molecular weight is 349 g/mol. The molecule has 0 radical (unpaired) electrons. The SMILES string of the molecule is CN=C(NCC1CN2CCN1CC2)NC(C)c1ccc(OC)c(F)c1. The molecule has 0 spiro atoms. The first-order valence-electron chi connectivity index (χ1n) is 8.87. The summed E-state index contributed by atoms with van der Waals surface area (Å²) in [5.74, 6) is 0.646. The molecule has 0 amide bonds. The van der Waals surface area contributed by atoms with E-state index in [1.807, 2.05) is 13.0 Å². The van der Waals surface area contributed by atoms with E-state index in [0.717, 1.165) is 37.7 Å². The lowest BCUT2D eigenvalue weighted by molar-refractivity contribution is 0.0154. The predicted molar refractivity (Wildman–Crippen MR) is 97.7 cm³/mol. The fourth-order valence-corrected chi connectivity index (χ4v) is 3.57. The molecule has 1 aromatic rings. The van der Waals surface area contributed by atoms with Crippen molar-refractivity contribution in [2.45, 2.75) is 19.0 Å². The third-order valence-electron chi connectivity index (χ3n) is 5.15. The highest BCUT2D eigenvalue weighted by atomic mass is 19.1. The van der Waals surface area contributed by atoms with Gasteiger partial charge in [-0.1, -0.05) is 6.07 Å². The van der Waals surface area contributed by atoms with Gasteiger partial charge >= 0.3 is 0 Å². The summed E-state index contributed by atoms with van der Waals surface area (Å²) >= 11 is 0. The molecule has 2 unspecified atom stereocenters. The minimum absolute atomic E-state index is 0.0570. The van der Waals surface area contributed by atoms with E-state index in [0.29, 0.717) is 6.04 Å². The maximum Gasteiger partial charge on any atom is 0.191 e. The number of methoxy groups -OCH3 is 1. The van der Waals surface area contributed by atoms with Crippen LogP contribution in [0.4, 0.5) is 4.39 Å². The van der Waals surface area contributed by atoms with Crippen molar-refractivity contribution in [1.29, 1.82) is 0 Å². The molecule has 3 fully saturated rings. The van der Waals surface area contributed by atoms with Crippen molar-refractivity contribution in [2.75, 3.05) is 53.4 Å². The Bertz CT molecular complexity index is 615. The summed E-state index contributed by atoms with van der Waals surface area (Å²) in [4.78, 5) is 9.36. The van der Waals surface area contributed by atoms with Gasteiger partial charge in [-0.2, -0.15) is 0 Å². The molecule has 3 aliphatic rings. The van der Waals surface area contributed by atoms with Crippen LogP contribution in [0.1, 0.15) is 18.5 Å². The highest BCUT2D eigenvalue weighted by Gasteiger charge is 2.31. The Morgan fingerprint density at radius 2 is 2.12 bits per heavy atom. The third kappa shape index (κ3) is 4.22. The highest BCUT2D eigenvalue weighted by Crippen LogP contribution is 2.21. The van der Waals surface area contributed by atoms with Gasteiger partial charge in [0.1, 0.15) is 0 Å². The monoisotopic (exact) mass is 349 g/mol. The molecule has 0 saturated carbocycles. The first-order chi connectivity index (χ1) is 12.1. The number of halogens is 1. The summed E-state index contributed by atoms with van der Waals surface area (Å²) in [6, 6.07) is 5.49. The molecule has 25 heavy (non-hydrogen) atoms. The zero-order valence-electron chi connectivity index (χ0n) is 15.3. The number of rotatable bonds is 5. The molecule has 4 rings (SSSR count). The van der Waals surface area contributed by atoms with Gasteiger partial charge in [-0.3, -0.25) is 14.8 Å². The Balaban J connectivity index is 1.54. The molecule has 3 heterocycles. The van der Waals surface area contributed by atoms with Crippen molar-refractivity contribution in [3.63, 3.8) is 0 Å². The van der Waals surface area contributed by atoms with Crippen molar-refractivity contribution in [3.05, 3.63) is 29.6 Å². The fraction of sp³-hybridized carbons (Fsp3) is 0.611. The molecule has 6 nitrogen and oxygen atoms in total. The minimum atomic E-state index is -0.350. The number of ether oxygens (including phenoxy) is 1. The fourth-order valence-electron chi connectivity index (χ4n) is 3.57. The molecule has 1 aromatic carbocycles. The summed E-state index contributed by atoms with van der Waals surface area (Å²) in [5, 5.41) is 6.74. The Labute approximate surface area is 149 Å².